The Labute approximate surface area is 125 Å². The highest BCUT2D eigenvalue weighted by atomic mass is 32.1. The van der Waals surface area contributed by atoms with Gasteiger partial charge >= 0.3 is 0 Å². The van der Waals surface area contributed by atoms with E-state index in [2.05, 4.69) is 26.6 Å². The molecular formula is C16H24N2OS. The van der Waals surface area contributed by atoms with E-state index in [9.17, 15) is 0 Å². The van der Waals surface area contributed by atoms with Crippen LogP contribution in [0.2, 0.25) is 0 Å². The molecule has 0 atom stereocenters. The number of thiophene rings is 1. The monoisotopic (exact) mass is 292 g/mol. The Bertz CT molecular complexity index is 435. The first-order chi connectivity index (χ1) is 9.83. The zero-order valence-electron chi connectivity index (χ0n) is 12.1. The van der Waals surface area contributed by atoms with Crippen molar-refractivity contribution >= 4 is 11.3 Å². The Morgan fingerprint density at radius 3 is 2.85 bits per heavy atom. The Balaban J connectivity index is 1.29. The molecule has 0 aromatic carbocycles. The third-order valence-electron chi connectivity index (χ3n) is 5.29. The minimum absolute atomic E-state index is 0.619. The van der Waals surface area contributed by atoms with Gasteiger partial charge in [0.15, 0.2) is 0 Å². The Morgan fingerprint density at radius 2 is 2.10 bits per heavy atom. The zero-order valence-corrected chi connectivity index (χ0v) is 12.9. The van der Waals surface area contributed by atoms with Gasteiger partial charge in [0.1, 0.15) is 0 Å². The van der Waals surface area contributed by atoms with Gasteiger partial charge in [0.25, 0.3) is 0 Å². The number of likely N-dealkylation sites (tertiary alicyclic amines) is 2. The summed E-state index contributed by atoms with van der Waals surface area (Å²) in [5.41, 5.74) is 2.11. The van der Waals surface area contributed by atoms with Gasteiger partial charge in [-0.3, -0.25) is 9.80 Å². The molecule has 110 valence electrons. The average Bonchev–Trinajstić information content (AvgIpc) is 3.08. The molecule has 3 fully saturated rings. The first kappa shape index (κ1) is 13.3. The maximum atomic E-state index is 5.48. The molecule has 1 aromatic heterocycles. The molecule has 3 aliphatic rings. The highest BCUT2D eigenvalue weighted by Crippen LogP contribution is 2.42. The molecule has 4 rings (SSSR count). The van der Waals surface area contributed by atoms with Gasteiger partial charge in [-0.2, -0.15) is 11.3 Å². The van der Waals surface area contributed by atoms with Crippen LogP contribution < -0.4 is 0 Å². The molecule has 0 saturated carbocycles. The van der Waals surface area contributed by atoms with Gasteiger partial charge in [-0.1, -0.05) is 0 Å². The molecule has 4 heteroatoms. The van der Waals surface area contributed by atoms with E-state index >= 15 is 0 Å². The van der Waals surface area contributed by atoms with Crippen molar-refractivity contribution in [1.82, 2.24) is 9.80 Å². The second-order valence-corrected chi connectivity index (χ2v) is 7.62. The van der Waals surface area contributed by atoms with Crippen molar-refractivity contribution in [3.8, 4) is 0 Å². The minimum Gasteiger partial charge on any atom is -0.381 e. The van der Waals surface area contributed by atoms with Crippen molar-refractivity contribution < 1.29 is 4.74 Å². The molecule has 0 N–H and O–H groups in total. The van der Waals surface area contributed by atoms with Crippen LogP contribution in [0.25, 0.3) is 0 Å². The van der Waals surface area contributed by atoms with Crippen LogP contribution in [0.5, 0.6) is 0 Å². The maximum absolute atomic E-state index is 5.48. The number of hydrogen-bond acceptors (Lipinski definition) is 4. The zero-order chi connectivity index (χ0) is 13.4. The van der Waals surface area contributed by atoms with Crippen LogP contribution in [-0.2, 0) is 11.3 Å². The summed E-state index contributed by atoms with van der Waals surface area (Å²) in [5.74, 6) is 0. The number of ether oxygens (including phenoxy) is 1. The summed E-state index contributed by atoms with van der Waals surface area (Å²) in [6.07, 6.45) is 3.89. The molecular weight excluding hydrogens is 268 g/mol. The van der Waals surface area contributed by atoms with Gasteiger partial charge in [-0.15, -0.1) is 0 Å². The molecule has 0 amide bonds. The molecule has 3 aliphatic heterocycles. The summed E-state index contributed by atoms with van der Waals surface area (Å²) in [5, 5.41) is 4.48. The standard InChI is InChI=1S/C16H24N2OS/c1-6-19-7-2-15(1)18-12-16(13-18)4-5-17(11-16)9-14-3-8-20-10-14/h3,8,10,15H,1-2,4-7,9,11-13H2. The lowest BCUT2D eigenvalue weighted by Gasteiger charge is -2.52. The quantitative estimate of drug-likeness (QED) is 0.851. The minimum atomic E-state index is 0.619. The summed E-state index contributed by atoms with van der Waals surface area (Å²) >= 11 is 1.82. The van der Waals surface area contributed by atoms with Crippen LogP contribution in [0.4, 0.5) is 0 Å². The molecule has 4 heterocycles. The summed E-state index contributed by atoms with van der Waals surface area (Å²) < 4.78 is 5.48. The van der Waals surface area contributed by atoms with Crippen molar-refractivity contribution in [2.24, 2.45) is 5.41 Å². The van der Waals surface area contributed by atoms with E-state index in [4.69, 9.17) is 4.74 Å². The molecule has 0 aliphatic carbocycles. The summed E-state index contributed by atoms with van der Waals surface area (Å²) in [4.78, 5) is 5.37. The number of nitrogens with zero attached hydrogens (tertiary/aromatic N) is 2. The molecule has 0 unspecified atom stereocenters. The number of hydrogen-bond donors (Lipinski definition) is 0. The van der Waals surface area contributed by atoms with Crippen LogP contribution in [0.3, 0.4) is 0 Å². The molecule has 3 saturated heterocycles. The molecule has 3 nitrogen and oxygen atoms in total. The normalized spacial score (nSPS) is 28.0. The SMILES string of the molecule is c1cc(CN2CCC3(C2)CN(C2CCOCC2)C3)cs1. The molecule has 20 heavy (non-hydrogen) atoms. The molecule has 1 aromatic rings. The van der Waals surface area contributed by atoms with E-state index in [0.717, 1.165) is 25.8 Å². The Hall–Kier alpha value is -0.420. The molecule has 1 spiro atoms. The van der Waals surface area contributed by atoms with Crippen LogP contribution in [-0.4, -0.2) is 55.2 Å². The highest BCUT2D eigenvalue weighted by molar-refractivity contribution is 7.07. The second kappa shape index (κ2) is 5.41. The van der Waals surface area contributed by atoms with E-state index in [1.54, 1.807) is 0 Å². The molecule has 0 bridgehead atoms. The highest BCUT2D eigenvalue weighted by Gasteiger charge is 2.49. The lowest BCUT2D eigenvalue weighted by Crippen LogP contribution is -2.61. The van der Waals surface area contributed by atoms with Gasteiger partial charge in [0.05, 0.1) is 0 Å². The Kier molecular flexibility index (Phi) is 3.59. The van der Waals surface area contributed by atoms with Crippen molar-refractivity contribution in [1.29, 1.82) is 0 Å². The molecule has 0 radical (unpaired) electrons. The van der Waals surface area contributed by atoms with Crippen molar-refractivity contribution in [3.05, 3.63) is 22.4 Å². The van der Waals surface area contributed by atoms with Crippen molar-refractivity contribution in [2.75, 3.05) is 39.4 Å². The second-order valence-electron chi connectivity index (χ2n) is 6.84. The van der Waals surface area contributed by atoms with Crippen molar-refractivity contribution in [3.63, 3.8) is 0 Å². The van der Waals surface area contributed by atoms with E-state index in [-0.39, 0.29) is 0 Å². The predicted molar refractivity (Wildman–Crippen MR) is 82.1 cm³/mol. The lowest BCUT2D eigenvalue weighted by molar-refractivity contribution is -0.0595. The first-order valence-corrected chi connectivity index (χ1v) is 8.83. The van der Waals surface area contributed by atoms with Gasteiger partial charge < -0.3 is 4.74 Å². The Morgan fingerprint density at radius 1 is 1.25 bits per heavy atom. The first-order valence-electron chi connectivity index (χ1n) is 7.88. The van der Waals surface area contributed by atoms with E-state index < -0.39 is 0 Å². The van der Waals surface area contributed by atoms with Gasteiger partial charge in [0, 0.05) is 50.8 Å². The van der Waals surface area contributed by atoms with Gasteiger partial charge in [0.2, 0.25) is 0 Å². The van der Waals surface area contributed by atoms with Crippen LogP contribution in [0, 0.1) is 5.41 Å². The fraction of sp³-hybridized carbons (Fsp3) is 0.750. The van der Waals surface area contributed by atoms with Crippen LogP contribution in [0.1, 0.15) is 24.8 Å². The van der Waals surface area contributed by atoms with Gasteiger partial charge in [-0.05, 0) is 48.2 Å². The van der Waals surface area contributed by atoms with Crippen molar-refractivity contribution in [2.45, 2.75) is 31.8 Å². The van der Waals surface area contributed by atoms with E-state index in [1.165, 1.54) is 51.0 Å². The lowest BCUT2D eigenvalue weighted by atomic mass is 9.77. The van der Waals surface area contributed by atoms with Crippen LogP contribution >= 0.6 is 11.3 Å². The maximum Gasteiger partial charge on any atom is 0.0480 e. The van der Waals surface area contributed by atoms with Gasteiger partial charge in [-0.25, -0.2) is 0 Å². The van der Waals surface area contributed by atoms with E-state index in [0.29, 0.717) is 5.41 Å². The average molecular weight is 292 g/mol. The largest absolute Gasteiger partial charge is 0.381 e. The summed E-state index contributed by atoms with van der Waals surface area (Å²) in [6, 6.07) is 3.07. The fourth-order valence-corrected chi connectivity index (χ4v) is 4.85. The summed E-state index contributed by atoms with van der Waals surface area (Å²) in [7, 11) is 0. The fourth-order valence-electron chi connectivity index (χ4n) is 4.19. The third-order valence-corrected chi connectivity index (χ3v) is 6.02. The topological polar surface area (TPSA) is 15.7 Å². The van der Waals surface area contributed by atoms with E-state index in [1.807, 2.05) is 11.3 Å². The predicted octanol–water partition coefficient (Wildman–Crippen LogP) is 2.43. The summed E-state index contributed by atoms with van der Waals surface area (Å²) in [6.45, 7) is 8.36. The number of rotatable bonds is 3. The van der Waals surface area contributed by atoms with Crippen LogP contribution in [0.15, 0.2) is 16.8 Å². The smallest absolute Gasteiger partial charge is 0.0480 e. The third kappa shape index (κ3) is 2.54.